The highest BCUT2D eigenvalue weighted by molar-refractivity contribution is 6.30. The van der Waals surface area contributed by atoms with Gasteiger partial charge in [0.25, 0.3) is 0 Å². The molecule has 3 aromatic rings. The lowest BCUT2D eigenvalue weighted by Gasteiger charge is -2.10. The van der Waals surface area contributed by atoms with Crippen LogP contribution in [-0.2, 0) is 0 Å². The molecule has 0 aliphatic rings. The van der Waals surface area contributed by atoms with E-state index in [0.717, 1.165) is 0 Å². The largest absolute Gasteiger partial charge is 0.476 e. The summed E-state index contributed by atoms with van der Waals surface area (Å²) in [6.45, 7) is 1.52. The molecule has 1 heterocycles. The lowest BCUT2D eigenvalue weighted by Crippen LogP contribution is -2.02. The van der Waals surface area contributed by atoms with E-state index < -0.39 is 10.9 Å². The molecule has 1 aromatic heterocycles. The van der Waals surface area contributed by atoms with Crippen molar-refractivity contribution in [2.75, 3.05) is 0 Å². The predicted octanol–water partition coefficient (Wildman–Crippen LogP) is 4.23. The Hall–Kier alpha value is -3.39. The Morgan fingerprint density at radius 1 is 1.23 bits per heavy atom. The summed E-state index contributed by atoms with van der Waals surface area (Å²) in [5.74, 6) is -1.19. The highest BCUT2D eigenvalue weighted by atomic mass is 35.5. The smallest absolute Gasteiger partial charge is 0.356 e. The van der Waals surface area contributed by atoms with Crippen LogP contribution >= 0.6 is 11.6 Å². The second-order valence-electron chi connectivity index (χ2n) is 5.30. The fourth-order valence-electron chi connectivity index (χ4n) is 2.36. The molecule has 1 N–H and O–H groups in total. The van der Waals surface area contributed by atoms with Gasteiger partial charge in [-0.25, -0.2) is 4.79 Å². The maximum atomic E-state index is 11.4. The summed E-state index contributed by atoms with van der Waals surface area (Å²) >= 11 is 5.88. The highest BCUT2D eigenvalue weighted by Gasteiger charge is 2.24. The van der Waals surface area contributed by atoms with Crippen LogP contribution < -0.4 is 4.74 Å². The van der Waals surface area contributed by atoms with E-state index >= 15 is 0 Å². The minimum absolute atomic E-state index is 0.0207. The number of halogens is 1. The van der Waals surface area contributed by atoms with E-state index in [1.165, 1.54) is 29.8 Å². The number of hydrogen-bond acceptors (Lipinski definition) is 5. The molecule has 26 heavy (non-hydrogen) atoms. The Balaban J connectivity index is 2.16. The number of para-hydroxylation sites is 2. The summed E-state index contributed by atoms with van der Waals surface area (Å²) in [6.07, 6.45) is 0. The van der Waals surface area contributed by atoms with E-state index in [-0.39, 0.29) is 28.6 Å². The van der Waals surface area contributed by atoms with Crippen LogP contribution in [0.15, 0.2) is 48.5 Å². The number of benzene rings is 2. The van der Waals surface area contributed by atoms with Gasteiger partial charge in [-0.2, -0.15) is 9.78 Å². The SMILES string of the molecule is Cc1c(C(=O)O)nn(-c2ccc(Cl)cc2)c1Oc1ccccc1[N+](=O)[O-]. The number of hydrogen-bond donors (Lipinski definition) is 1. The van der Waals surface area contributed by atoms with Crippen molar-refractivity contribution in [3.63, 3.8) is 0 Å². The van der Waals surface area contributed by atoms with Gasteiger partial charge in [-0.1, -0.05) is 23.7 Å². The predicted molar refractivity (Wildman–Crippen MR) is 93.4 cm³/mol. The van der Waals surface area contributed by atoms with Crippen LogP contribution in [-0.4, -0.2) is 25.8 Å². The molecular formula is C17H12ClN3O5. The molecule has 0 saturated carbocycles. The first kappa shape index (κ1) is 17.4. The maximum Gasteiger partial charge on any atom is 0.356 e. The third kappa shape index (κ3) is 3.22. The van der Waals surface area contributed by atoms with Crippen molar-refractivity contribution in [2.24, 2.45) is 0 Å². The standard InChI is InChI=1S/C17H12ClN3O5/c1-10-15(17(22)23)19-20(12-8-6-11(18)7-9-12)16(10)26-14-5-3-2-4-13(14)21(24)25/h2-9H,1H3,(H,22,23). The maximum absolute atomic E-state index is 11.4. The van der Waals surface area contributed by atoms with Gasteiger partial charge < -0.3 is 9.84 Å². The molecule has 0 fully saturated rings. The van der Waals surface area contributed by atoms with Gasteiger partial charge in [0.2, 0.25) is 11.6 Å². The molecule has 0 unspecified atom stereocenters. The summed E-state index contributed by atoms with van der Waals surface area (Å²) in [6, 6.07) is 12.3. The van der Waals surface area contributed by atoms with Gasteiger partial charge in [-0.15, -0.1) is 0 Å². The second kappa shape index (κ2) is 6.85. The van der Waals surface area contributed by atoms with E-state index in [1.54, 1.807) is 30.3 Å². The number of ether oxygens (including phenoxy) is 1. The normalized spacial score (nSPS) is 10.5. The zero-order valence-corrected chi connectivity index (χ0v) is 14.2. The van der Waals surface area contributed by atoms with Crippen LogP contribution in [0.25, 0.3) is 5.69 Å². The van der Waals surface area contributed by atoms with E-state index in [0.29, 0.717) is 10.7 Å². The zero-order valence-electron chi connectivity index (χ0n) is 13.4. The van der Waals surface area contributed by atoms with Gasteiger partial charge in [-0.3, -0.25) is 10.1 Å². The quantitative estimate of drug-likeness (QED) is 0.529. The van der Waals surface area contributed by atoms with Crippen LogP contribution in [0.2, 0.25) is 5.02 Å². The lowest BCUT2D eigenvalue weighted by molar-refractivity contribution is -0.385. The number of carbonyl (C=O) groups is 1. The molecule has 0 spiro atoms. The van der Waals surface area contributed by atoms with Gasteiger partial charge in [0.15, 0.2) is 5.69 Å². The van der Waals surface area contributed by atoms with Crippen LogP contribution in [0.4, 0.5) is 5.69 Å². The van der Waals surface area contributed by atoms with Gasteiger partial charge in [-0.05, 0) is 37.3 Å². The number of nitro benzene ring substituents is 1. The summed E-state index contributed by atoms with van der Waals surface area (Å²) in [5.41, 5.74) is 0.283. The van der Waals surface area contributed by atoms with Crippen LogP contribution in [0.5, 0.6) is 11.6 Å². The van der Waals surface area contributed by atoms with E-state index in [9.17, 15) is 20.0 Å². The third-order valence-electron chi connectivity index (χ3n) is 3.61. The average Bonchev–Trinajstić information content (AvgIpc) is 2.93. The van der Waals surface area contributed by atoms with Gasteiger partial charge in [0.05, 0.1) is 10.6 Å². The number of nitro groups is 1. The monoisotopic (exact) mass is 373 g/mol. The van der Waals surface area contributed by atoms with Crippen LogP contribution in [0.1, 0.15) is 16.1 Å². The zero-order chi connectivity index (χ0) is 18.8. The first-order valence-electron chi connectivity index (χ1n) is 7.38. The van der Waals surface area contributed by atoms with E-state index in [1.807, 2.05) is 0 Å². The van der Waals surface area contributed by atoms with Crippen molar-refractivity contribution >= 4 is 23.3 Å². The minimum atomic E-state index is -1.23. The molecule has 0 aliphatic heterocycles. The van der Waals surface area contributed by atoms with E-state index in [4.69, 9.17) is 16.3 Å². The Kier molecular flexibility index (Phi) is 4.59. The summed E-state index contributed by atoms with van der Waals surface area (Å²) < 4.78 is 6.98. The fourth-order valence-corrected chi connectivity index (χ4v) is 2.49. The summed E-state index contributed by atoms with van der Waals surface area (Å²) in [7, 11) is 0. The Labute approximate surface area is 152 Å². The number of carboxylic acid groups (broad SMARTS) is 1. The van der Waals surface area contributed by atoms with Gasteiger partial charge in [0, 0.05) is 16.7 Å². The number of carboxylic acids is 1. The Morgan fingerprint density at radius 3 is 2.50 bits per heavy atom. The van der Waals surface area contributed by atoms with Crippen LogP contribution in [0.3, 0.4) is 0 Å². The molecule has 0 radical (unpaired) electrons. The van der Waals surface area contributed by atoms with Crippen molar-refractivity contribution in [1.29, 1.82) is 0 Å². The molecule has 0 amide bonds. The first-order valence-corrected chi connectivity index (χ1v) is 7.76. The van der Waals surface area contributed by atoms with Crippen LogP contribution in [0, 0.1) is 17.0 Å². The molecule has 0 saturated heterocycles. The number of rotatable bonds is 5. The molecule has 2 aromatic carbocycles. The number of nitrogens with zero attached hydrogens (tertiary/aromatic N) is 3. The molecule has 8 nitrogen and oxygen atoms in total. The molecule has 0 aliphatic carbocycles. The topological polar surface area (TPSA) is 107 Å². The van der Waals surface area contributed by atoms with Crippen molar-refractivity contribution in [3.05, 3.63) is 74.9 Å². The molecule has 9 heteroatoms. The molecule has 0 bridgehead atoms. The van der Waals surface area contributed by atoms with Gasteiger partial charge in [0.1, 0.15) is 0 Å². The second-order valence-corrected chi connectivity index (χ2v) is 5.74. The number of aromatic carboxylic acids is 1. The Morgan fingerprint density at radius 2 is 1.88 bits per heavy atom. The molecule has 3 rings (SSSR count). The van der Waals surface area contributed by atoms with Crippen molar-refractivity contribution < 1.29 is 19.6 Å². The molecule has 0 atom stereocenters. The highest BCUT2D eigenvalue weighted by Crippen LogP contribution is 2.35. The summed E-state index contributed by atoms with van der Waals surface area (Å²) in [5, 5.41) is 25.1. The van der Waals surface area contributed by atoms with Gasteiger partial charge >= 0.3 is 11.7 Å². The van der Waals surface area contributed by atoms with Crippen molar-refractivity contribution in [1.82, 2.24) is 9.78 Å². The van der Waals surface area contributed by atoms with Crippen molar-refractivity contribution in [3.8, 4) is 17.3 Å². The fraction of sp³-hybridized carbons (Fsp3) is 0.0588. The van der Waals surface area contributed by atoms with Crippen molar-refractivity contribution in [2.45, 2.75) is 6.92 Å². The first-order chi connectivity index (χ1) is 12.4. The Bertz CT molecular complexity index is 998. The average molecular weight is 374 g/mol. The molecular weight excluding hydrogens is 362 g/mol. The third-order valence-corrected chi connectivity index (χ3v) is 3.86. The summed E-state index contributed by atoms with van der Waals surface area (Å²) in [4.78, 5) is 22.1. The number of aromatic nitrogens is 2. The van der Waals surface area contributed by atoms with E-state index in [2.05, 4.69) is 5.10 Å². The lowest BCUT2D eigenvalue weighted by atomic mass is 10.2. The minimum Gasteiger partial charge on any atom is -0.476 e. The molecule has 132 valence electrons.